The number of halogens is 2. The lowest BCUT2D eigenvalue weighted by Crippen LogP contribution is -2.41. The molecule has 0 radical (unpaired) electrons. The van der Waals surface area contributed by atoms with Gasteiger partial charge < -0.3 is 5.73 Å². The number of carbonyl (C=O) groups excluding carboxylic acids is 2. The summed E-state index contributed by atoms with van der Waals surface area (Å²) in [6.45, 7) is 3.73. The van der Waals surface area contributed by atoms with Crippen molar-refractivity contribution in [3.8, 4) is 0 Å². The minimum atomic E-state index is -0.830. The molecule has 2 heterocycles. The first-order valence-electron chi connectivity index (χ1n) is 7.50. The van der Waals surface area contributed by atoms with Crippen molar-refractivity contribution >= 4 is 50.7 Å². The van der Waals surface area contributed by atoms with Gasteiger partial charge >= 0.3 is 0 Å². The predicted molar refractivity (Wildman–Crippen MR) is 99.8 cm³/mol. The fourth-order valence-corrected chi connectivity index (χ4v) is 3.83. The molecular formula is C17H14ClFN4O2S. The molecule has 9 heteroatoms. The summed E-state index contributed by atoms with van der Waals surface area (Å²) >= 11 is 6.88. The van der Waals surface area contributed by atoms with Gasteiger partial charge in [-0.2, -0.15) is 0 Å². The van der Waals surface area contributed by atoms with Crippen LogP contribution < -0.4 is 16.6 Å². The molecule has 0 aliphatic carbocycles. The second kappa shape index (κ2) is 6.89. The Kier molecular flexibility index (Phi) is 4.80. The summed E-state index contributed by atoms with van der Waals surface area (Å²) < 4.78 is 13.7. The molecule has 2 aromatic heterocycles. The maximum absolute atomic E-state index is 13.7. The molecule has 0 atom stereocenters. The van der Waals surface area contributed by atoms with Crippen molar-refractivity contribution in [2.45, 2.75) is 13.8 Å². The first kappa shape index (κ1) is 18.1. The number of benzene rings is 1. The molecule has 4 N–H and O–H groups in total. The third kappa shape index (κ3) is 3.33. The lowest BCUT2D eigenvalue weighted by Gasteiger charge is -2.08. The maximum Gasteiger partial charge on any atom is 0.281 e. The van der Waals surface area contributed by atoms with E-state index in [2.05, 4.69) is 15.8 Å². The number of nitrogens with two attached hydrogens (primary N) is 1. The zero-order chi connectivity index (χ0) is 19.0. The van der Waals surface area contributed by atoms with E-state index < -0.39 is 17.6 Å². The molecule has 3 aromatic rings. The average molecular weight is 393 g/mol. The molecular weight excluding hydrogens is 379 g/mol. The predicted octanol–water partition coefficient (Wildman–Crippen LogP) is 3.36. The Balaban J connectivity index is 1.81. The van der Waals surface area contributed by atoms with Crippen molar-refractivity contribution in [2.75, 3.05) is 5.73 Å². The summed E-state index contributed by atoms with van der Waals surface area (Å²) in [5.74, 6) is -2.20. The van der Waals surface area contributed by atoms with Gasteiger partial charge in [-0.3, -0.25) is 20.4 Å². The zero-order valence-corrected chi connectivity index (χ0v) is 15.4. The quantitative estimate of drug-likeness (QED) is 0.582. The van der Waals surface area contributed by atoms with Crippen molar-refractivity contribution in [2.24, 2.45) is 0 Å². The normalized spacial score (nSPS) is 10.8. The highest BCUT2D eigenvalue weighted by Crippen LogP contribution is 2.34. The van der Waals surface area contributed by atoms with Gasteiger partial charge in [-0.1, -0.05) is 11.6 Å². The summed E-state index contributed by atoms with van der Waals surface area (Å²) in [6.07, 6.45) is 0. The molecule has 134 valence electrons. The first-order chi connectivity index (χ1) is 12.3. The fourth-order valence-electron chi connectivity index (χ4n) is 2.55. The topological polar surface area (TPSA) is 97.1 Å². The largest absolute Gasteiger partial charge is 0.397 e. The number of hydrazine groups is 1. The number of nitrogen functional groups attached to an aromatic ring is 1. The highest BCUT2D eigenvalue weighted by atomic mass is 35.5. The van der Waals surface area contributed by atoms with Crippen LogP contribution in [0.25, 0.3) is 10.2 Å². The van der Waals surface area contributed by atoms with Crippen LogP contribution in [0.5, 0.6) is 0 Å². The lowest BCUT2D eigenvalue weighted by molar-refractivity contribution is 0.0847. The van der Waals surface area contributed by atoms with Gasteiger partial charge in [0.15, 0.2) is 0 Å². The van der Waals surface area contributed by atoms with Crippen molar-refractivity contribution < 1.29 is 14.0 Å². The van der Waals surface area contributed by atoms with E-state index in [-0.39, 0.29) is 21.2 Å². The molecule has 0 unspecified atom stereocenters. The van der Waals surface area contributed by atoms with Crippen LogP contribution in [0.4, 0.5) is 10.1 Å². The van der Waals surface area contributed by atoms with Crippen LogP contribution in [0.15, 0.2) is 24.3 Å². The van der Waals surface area contributed by atoms with E-state index >= 15 is 0 Å². The molecule has 3 rings (SSSR count). The number of carbonyl (C=O) groups is 2. The van der Waals surface area contributed by atoms with E-state index in [0.717, 1.165) is 28.7 Å². The third-order valence-corrected chi connectivity index (χ3v) is 5.03. The molecule has 0 bridgehead atoms. The van der Waals surface area contributed by atoms with Crippen molar-refractivity contribution in [1.29, 1.82) is 0 Å². The summed E-state index contributed by atoms with van der Waals surface area (Å²) in [7, 11) is 0. The third-order valence-electron chi connectivity index (χ3n) is 3.69. The number of nitrogens with one attached hydrogen (secondary N) is 2. The van der Waals surface area contributed by atoms with Gasteiger partial charge in [0, 0.05) is 16.1 Å². The number of nitrogens with zero attached hydrogens (tertiary/aromatic N) is 1. The maximum atomic E-state index is 13.7. The highest BCUT2D eigenvalue weighted by molar-refractivity contribution is 7.21. The summed E-state index contributed by atoms with van der Waals surface area (Å²) in [6, 6.07) is 5.43. The average Bonchev–Trinajstić information content (AvgIpc) is 2.91. The minimum Gasteiger partial charge on any atom is -0.397 e. The molecule has 0 fully saturated rings. The van der Waals surface area contributed by atoms with Gasteiger partial charge in [0.05, 0.1) is 11.3 Å². The van der Waals surface area contributed by atoms with Crippen LogP contribution in [-0.2, 0) is 0 Å². The molecule has 0 saturated heterocycles. The number of rotatable bonds is 2. The van der Waals surface area contributed by atoms with Crippen LogP contribution in [0, 0.1) is 19.7 Å². The van der Waals surface area contributed by atoms with Gasteiger partial charge in [0.1, 0.15) is 15.5 Å². The Hall–Kier alpha value is -2.71. The number of pyridine rings is 1. The van der Waals surface area contributed by atoms with Crippen LogP contribution in [0.1, 0.15) is 31.3 Å². The Bertz CT molecular complexity index is 1050. The molecule has 6 nitrogen and oxygen atoms in total. The van der Waals surface area contributed by atoms with E-state index in [0.29, 0.717) is 10.2 Å². The summed E-state index contributed by atoms with van der Waals surface area (Å²) in [5.41, 5.74) is 12.2. The van der Waals surface area contributed by atoms with Gasteiger partial charge in [-0.15, -0.1) is 11.3 Å². The van der Waals surface area contributed by atoms with Crippen molar-refractivity contribution in [3.63, 3.8) is 0 Å². The highest BCUT2D eigenvalue weighted by Gasteiger charge is 2.20. The van der Waals surface area contributed by atoms with Gasteiger partial charge in [-0.25, -0.2) is 9.37 Å². The smallest absolute Gasteiger partial charge is 0.281 e. The number of aryl methyl sites for hydroxylation is 2. The monoisotopic (exact) mass is 392 g/mol. The molecule has 0 saturated carbocycles. The Morgan fingerprint density at radius 2 is 1.88 bits per heavy atom. The van der Waals surface area contributed by atoms with Gasteiger partial charge in [0.25, 0.3) is 11.8 Å². The lowest BCUT2D eigenvalue weighted by atomic mass is 10.1. The second-order valence-electron chi connectivity index (χ2n) is 5.64. The van der Waals surface area contributed by atoms with E-state index in [1.54, 1.807) is 0 Å². The zero-order valence-electron chi connectivity index (χ0n) is 13.8. The molecule has 0 aliphatic rings. The molecule has 1 aromatic carbocycles. The van der Waals surface area contributed by atoms with E-state index in [9.17, 15) is 14.0 Å². The van der Waals surface area contributed by atoms with E-state index in [1.807, 2.05) is 19.9 Å². The van der Waals surface area contributed by atoms with Gasteiger partial charge in [-0.05, 0) is 43.7 Å². The van der Waals surface area contributed by atoms with E-state index in [1.165, 1.54) is 12.1 Å². The number of anilines is 1. The van der Waals surface area contributed by atoms with Gasteiger partial charge in [0.2, 0.25) is 0 Å². The van der Waals surface area contributed by atoms with Crippen LogP contribution in [0.3, 0.4) is 0 Å². The van der Waals surface area contributed by atoms with Crippen LogP contribution >= 0.6 is 22.9 Å². The summed E-state index contributed by atoms with van der Waals surface area (Å²) in [5, 5.41) is 0.909. The number of aromatic nitrogens is 1. The Morgan fingerprint density at radius 1 is 1.19 bits per heavy atom. The number of amides is 2. The molecule has 0 spiro atoms. The van der Waals surface area contributed by atoms with E-state index in [4.69, 9.17) is 17.3 Å². The van der Waals surface area contributed by atoms with Crippen molar-refractivity contribution in [3.05, 3.63) is 56.8 Å². The number of fused-ring (bicyclic) bond motifs is 1. The first-order valence-corrected chi connectivity index (χ1v) is 8.69. The minimum absolute atomic E-state index is 0.202. The standard InChI is InChI=1S/C17H14ClFN4O2S/c1-7-5-8(2)21-17-12(7)13(20)14(26-17)16(25)23-22-15(24)10-6-9(18)3-4-11(10)19/h3-6H,20H2,1-2H3,(H,22,24)(H,23,25). The molecule has 2 amide bonds. The fraction of sp³-hybridized carbons (Fsp3) is 0.118. The number of hydrogen-bond acceptors (Lipinski definition) is 5. The van der Waals surface area contributed by atoms with Crippen LogP contribution in [-0.4, -0.2) is 16.8 Å². The molecule has 0 aliphatic heterocycles. The molecule has 26 heavy (non-hydrogen) atoms. The SMILES string of the molecule is Cc1cc(C)c2c(N)c(C(=O)NNC(=O)c3cc(Cl)ccc3F)sc2n1. The van der Waals surface area contributed by atoms with Crippen LogP contribution in [0.2, 0.25) is 5.02 Å². The second-order valence-corrected chi connectivity index (χ2v) is 7.07. The van der Waals surface area contributed by atoms with Crippen molar-refractivity contribution in [1.82, 2.24) is 15.8 Å². The Labute approximate surface area is 157 Å². The summed E-state index contributed by atoms with van der Waals surface area (Å²) in [4.78, 5) is 29.6. The number of hydrogen-bond donors (Lipinski definition) is 3. The Morgan fingerprint density at radius 3 is 2.62 bits per heavy atom. The number of thiophene rings is 1.